The summed E-state index contributed by atoms with van der Waals surface area (Å²) in [6, 6.07) is -5.49. The van der Waals surface area contributed by atoms with Crippen LogP contribution in [0.4, 0.5) is 13.2 Å². The van der Waals surface area contributed by atoms with Crippen LogP contribution in [0.5, 0.6) is 0 Å². The maximum atomic E-state index is 12.9. The lowest BCUT2D eigenvalue weighted by Crippen LogP contribution is -2.64. The lowest BCUT2D eigenvalue weighted by molar-refractivity contribution is -0.306. The van der Waals surface area contributed by atoms with Gasteiger partial charge in [0.05, 0.1) is 25.2 Å². The number of alkyl halides is 3. The minimum atomic E-state index is -5.08. The highest BCUT2D eigenvalue weighted by atomic mass is 19.4. The van der Waals surface area contributed by atoms with Crippen LogP contribution in [-0.4, -0.2) is 225 Å². The molecule has 1 aliphatic carbocycles. The van der Waals surface area contributed by atoms with E-state index in [2.05, 4.69) is 35.3 Å². The zero-order valence-electron chi connectivity index (χ0n) is 39.8. The maximum absolute atomic E-state index is 12.9. The number of unbranched alkanes of at least 4 members (excludes halogenated alkanes) is 2. The minimum absolute atomic E-state index is 0.147. The first-order chi connectivity index (χ1) is 34.5. The molecule has 19 atom stereocenters. The number of nitrogens with zero attached hydrogens (tertiary/aromatic N) is 6. The van der Waals surface area contributed by atoms with Gasteiger partial charge in [0, 0.05) is 13.0 Å². The van der Waals surface area contributed by atoms with E-state index in [9.17, 15) is 48.6 Å². The highest BCUT2D eigenvalue weighted by molar-refractivity contribution is 5.78. The van der Waals surface area contributed by atoms with Crippen molar-refractivity contribution in [2.75, 3.05) is 19.6 Å². The topological polar surface area (TPSA) is 630 Å². The molecule has 37 heteroatoms. The standard InChI is InChI=1S/C35H69N19O13.C2HF3O2/c1-2-3-4-5-15(55)48-9-14-24(65-25-16(53-34(44)45)19(57)12(62-27(25)61)7-49-30(36)37)22(60)29(64-14)67-26-18(56)10(51-32(40)41)6-11(52-33(42)43)23(26)66-28-17(54-35(46)47)21(59)20(58)13(63-28)8-50-31(38)39;3-2(4,5)1(6)7/h10-14,16-29,56-61H,2-9H2,1H3,(H,48,55)(H4,36,37,49)(H4,38,39,50)(H4,40,41,51)(H4,42,43,52)(H4,44,45,53)(H4,46,47,54);(H,6,7)/t10-,11+,12-,13-,14-,16-,17-,18+,19-,20-,21-,22-,23-,24-,25-,26-,27+,28-,29?;/m1./s1. The average Bonchev–Trinajstić information content (AvgIpc) is 3.58. The summed E-state index contributed by atoms with van der Waals surface area (Å²) in [7, 11) is 0. The van der Waals surface area contributed by atoms with Crippen molar-refractivity contribution in [2.24, 2.45) is 98.8 Å². The van der Waals surface area contributed by atoms with Gasteiger partial charge >= 0.3 is 12.1 Å². The van der Waals surface area contributed by atoms with Crippen LogP contribution < -0.4 is 74.1 Å². The third kappa shape index (κ3) is 18.1. The summed E-state index contributed by atoms with van der Waals surface area (Å²) in [4.78, 5) is 46.0. The molecule has 4 fully saturated rings. The molecule has 0 aromatic rings. The molecule has 3 saturated heterocycles. The molecular weight excluding hydrogens is 1010 g/mol. The van der Waals surface area contributed by atoms with Crippen molar-refractivity contribution in [1.82, 2.24) is 5.32 Å². The molecule has 34 nitrogen and oxygen atoms in total. The van der Waals surface area contributed by atoms with Gasteiger partial charge in [-0.3, -0.25) is 14.8 Å². The number of carbonyl (C=O) groups is 2. The molecule has 74 heavy (non-hydrogen) atoms. The molecule has 1 unspecified atom stereocenters. The Bertz CT molecular complexity index is 2010. The van der Waals surface area contributed by atoms with Crippen molar-refractivity contribution >= 4 is 47.6 Å². The molecule has 0 aromatic carbocycles. The molecule has 3 aliphatic heterocycles. The summed E-state index contributed by atoms with van der Waals surface area (Å²) < 4.78 is 68.6. The number of rotatable bonds is 20. The fourth-order valence-corrected chi connectivity index (χ4v) is 8.02. The molecule has 0 spiro atoms. The highest BCUT2D eigenvalue weighted by Gasteiger charge is 2.56. The number of hydrogen-bond acceptors (Lipinski definition) is 20. The van der Waals surface area contributed by atoms with Crippen LogP contribution in [0.3, 0.4) is 0 Å². The van der Waals surface area contributed by atoms with E-state index in [-0.39, 0.29) is 50.3 Å². The van der Waals surface area contributed by atoms with Gasteiger partial charge in [0.15, 0.2) is 54.6 Å². The van der Waals surface area contributed by atoms with Gasteiger partial charge < -0.3 is 138 Å². The van der Waals surface area contributed by atoms with Crippen LogP contribution in [0.25, 0.3) is 0 Å². The molecule has 3 heterocycles. The molecular formula is C37H70F3N19O15. The Morgan fingerprint density at radius 3 is 1.58 bits per heavy atom. The number of carboxylic acid groups (broad SMARTS) is 1. The fourth-order valence-electron chi connectivity index (χ4n) is 8.02. The largest absolute Gasteiger partial charge is 0.490 e. The van der Waals surface area contributed by atoms with E-state index in [4.69, 9.17) is 107 Å². The number of halogens is 3. The molecule has 1 amide bonds. The smallest absolute Gasteiger partial charge is 0.475 e. The van der Waals surface area contributed by atoms with Crippen LogP contribution in [0.2, 0.25) is 0 Å². The summed E-state index contributed by atoms with van der Waals surface area (Å²) in [5.41, 5.74) is 67.9. The van der Waals surface area contributed by atoms with Crippen molar-refractivity contribution < 1.29 is 86.9 Å². The predicted octanol–water partition coefficient (Wildman–Crippen LogP) is -10.7. The summed E-state index contributed by atoms with van der Waals surface area (Å²) >= 11 is 0. The molecule has 0 bridgehead atoms. The number of nitrogens with two attached hydrogens (primary N) is 12. The Morgan fingerprint density at radius 1 is 0.568 bits per heavy atom. The van der Waals surface area contributed by atoms with Crippen LogP contribution in [0.15, 0.2) is 30.0 Å². The normalized spacial score (nSPS) is 34.8. The summed E-state index contributed by atoms with van der Waals surface area (Å²) in [5.74, 6) is -5.86. The number of aliphatic carboxylic acids is 1. The number of carboxylic acids is 1. The van der Waals surface area contributed by atoms with Crippen molar-refractivity contribution in [3.05, 3.63) is 0 Å². The minimum Gasteiger partial charge on any atom is -0.475 e. The van der Waals surface area contributed by atoms with E-state index >= 15 is 0 Å². The Labute approximate surface area is 419 Å². The molecule has 32 N–H and O–H groups in total. The van der Waals surface area contributed by atoms with E-state index in [1.165, 1.54) is 0 Å². The molecule has 4 rings (SSSR count). The fraction of sp³-hybridized carbons (Fsp3) is 0.784. The second kappa shape index (κ2) is 28.0. The first-order valence-electron chi connectivity index (χ1n) is 22.5. The van der Waals surface area contributed by atoms with E-state index in [1.54, 1.807) is 0 Å². The van der Waals surface area contributed by atoms with Crippen molar-refractivity contribution in [1.29, 1.82) is 0 Å². The lowest BCUT2D eigenvalue weighted by Gasteiger charge is -2.47. The predicted molar refractivity (Wildman–Crippen MR) is 252 cm³/mol. The number of aliphatic hydroxyl groups excluding tert-OH is 6. The highest BCUT2D eigenvalue weighted by Crippen LogP contribution is 2.38. The zero-order chi connectivity index (χ0) is 55.9. The van der Waals surface area contributed by atoms with E-state index in [1.807, 2.05) is 6.92 Å². The number of amides is 1. The van der Waals surface area contributed by atoms with E-state index < -0.39 is 152 Å². The van der Waals surface area contributed by atoms with Gasteiger partial charge in [0.1, 0.15) is 85.3 Å². The quantitative estimate of drug-likeness (QED) is 0.0306. The number of aliphatic imine (C=N–C) groups is 6. The third-order valence-electron chi connectivity index (χ3n) is 11.3. The van der Waals surface area contributed by atoms with E-state index in [0.29, 0.717) is 6.42 Å². The van der Waals surface area contributed by atoms with Crippen LogP contribution in [-0.2, 0) is 38.0 Å². The zero-order valence-corrected chi connectivity index (χ0v) is 39.8. The van der Waals surface area contributed by atoms with Crippen LogP contribution in [0, 0.1) is 0 Å². The van der Waals surface area contributed by atoms with Gasteiger partial charge in [0.2, 0.25) is 5.91 Å². The van der Waals surface area contributed by atoms with Crippen molar-refractivity contribution in [2.45, 2.75) is 161 Å². The SMILES string of the molecule is CCCCCC(=O)NC[C@H]1OC(O[C@@H]2[C@@H](O)[C@H](N=C(N)N)C[C@H](N=C(N)N)[C@H]2O[C@H]2O[C@H](CN=C(N)N)[C@@H](O)[C@H](O)[C@H]2N=C(N)N)[C@H](O)[C@@H]1O[C@@H]1[C@H](N=C(N)N)[C@H](O)[C@@H](CN=C(N)N)O[C@@H]1O.O=C(O)C(F)(F)F. The van der Waals surface area contributed by atoms with Gasteiger partial charge in [-0.05, 0) is 12.8 Å². The summed E-state index contributed by atoms with van der Waals surface area (Å²) in [6.07, 6.45) is -27.5. The molecule has 424 valence electrons. The van der Waals surface area contributed by atoms with Crippen molar-refractivity contribution in [3.63, 3.8) is 0 Å². The average molecular weight is 1080 g/mol. The Kier molecular flexibility index (Phi) is 23.5. The molecule has 0 radical (unpaired) electrons. The van der Waals surface area contributed by atoms with Gasteiger partial charge in [-0.2, -0.15) is 13.2 Å². The van der Waals surface area contributed by atoms with Gasteiger partial charge in [-0.25, -0.2) is 24.8 Å². The van der Waals surface area contributed by atoms with Gasteiger partial charge in [-0.1, -0.05) is 19.8 Å². The Hall–Kier alpha value is -6.13. The Morgan fingerprint density at radius 2 is 1.07 bits per heavy atom. The number of aliphatic hydroxyl groups is 6. The second-order valence-electron chi connectivity index (χ2n) is 17.0. The maximum Gasteiger partial charge on any atom is 0.490 e. The van der Waals surface area contributed by atoms with Crippen LogP contribution in [0.1, 0.15) is 39.0 Å². The first-order valence-corrected chi connectivity index (χ1v) is 22.5. The molecule has 0 aromatic heterocycles. The Balaban J connectivity index is 0.00000192. The number of guanidine groups is 6. The number of carbonyl (C=O) groups excluding carboxylic acids is 1. The lowest BCUT2D eigenvalue weighted by atomic mass is 9.83. The number of ether oxygens (including phenoxy) is 6. The monoisotopic (exact) mass is 1080 g/mol. The number of hydrogen-bond donors (Lipinski definition) is 20. The molecule has 1 saturated carbocycles. The van der Waals surface area contributed by atoms with E-state index in [0.717, 1.165) is 12.8 Å². The first kappa shape index (κ1) is 62.2. The van der Waals surface area contributed by atoms with Crippen molar-refractivity contribution in [3.8, 4) is 0 Å². The van der Waals surface area contributed by atoms with Crippen LogP contribution >= 0.6 is 0 Å². The summed E-state index contributed by atoms with van der Waals surface area (Å²) in [5, 5.41) is 78.7. The third-order valence-corrected chi connectivity index (χ3v) is 11.3. The second-order valence-corrected chi connectivity index (χ2v) is 17.0. The van der Waals surface area contributed by atoms with Gasteiger partial charge in [0.25, 0.3) is 0 Å². The summed E-state index contributed by atoms with van der Waals surface area (Å²) in [6.45, 7) is 0.928. The van der Waals surface area contributed by atoms with Gasteiger partial charge in [-0.15, -0.1) is 0 Å². The number of nitrogens with one attached hydrogen (secondary N) is 1. The molecule has 4 aliphatic rings.